The number of thiazole rings is 1. The van der Waals surface area contributed by atoms with E-state index in [1.54, 1.807) is 18.2 Å². The van der Waals surface area contributed by atoms with Crippen molar-refractivity contribution in [3.8, 4) is 5.75 Å². The number of carbonyl (C=O) groups excluding carboxylic acids is 1. The lowest BCUT2D eigenvalue weighted by atomic mass is 10.1. The maximum absolute atomic E-state index is 13.8. The highest BCUT2D eigenvalue weighted by Gasteiger charge is 2.25. The molecule has 4 rings (SSSR count). The zero-order chi connectivity index (χ0) is 27.6. The number of aromatic amines is 1. The number of rotatable bonds is 13. The molecule has 39 heavy (non-hydrogen) atoms. The molecule has 212 valence electrons. The minimum Gasteiger partial charge on any atom is -0.506 e. The largest absolute Gasteiger partial charge is 0.506 e. The molecule has 2 aromatic carbocycles. The summed E-state index contributed by atoms with van der Waals surface area (Å²) in [5.74, 6) is 0.0779. The molecule has 1 saturated carbocycles. The van der Waals surface area contributed by atoms with Crippen LogP contribution in [0.1, 0.15) is 63.0 Å². The Hall–Kier alpha value is -2.75. The first-order valence-electron chi connectivity index (χ1n) is 14.2. The highest BCUT2D eigenvalue weighted by Crippen LogP contribution is 2.28. The van der Waals surface area contributed by atoms with Gasteiger partial charge in [0.05, 0.1) is 4.70 Å². The van der Waals surface area contributed by atoms with Gasteiger partial charge in [0.25, 0.3) is 0 Å². The summed E-state index contributed by atoms with van der Waals surface area (Å²) in [4.78, 5) is 29.8. The Labute approximate surface area is 233 Å². The molecule has 1 fully saturated rings. The predicted molar refractivity (Wildman–Crippen MR) is 156 cm³/mol. The van der Waals surface area contributed by atoms with Gasteiger partial charge in [-0.1, -0.05) is 61.3 Å². The van der Waals surface area contributed by atoms with E-state index in [1.807, 2.05) is 12.1 Å². The number of phenols is 1. The smallest absolute Gasteiger partial charge is 0.305 e. The molecule has 1 aliphatic carbocycles. The Bertz CT molecular complexity index is 1270. The summed E-state index contributed by atoms with van der Waals surface area (Å²) in [6.45, 7) is 4.69. The van der Waals surface area contributed by atoms with Gasteiger partial charge in [-0.15, -0.1) is 0 Å². The summed E-state index contributed by atoms with van der Waals surface area (Å²) in [6.07, 6.45) is 8.64. The van der Waals surface area contributed by atoms with E-state index in [9.17, 15) is 19.1 Å². The zero-order valence-electron chi connectivity index (χ0n) is 22.8. The molecule has 0 radical (unpaired) electrons. The summed E-state index contributed by atoms with van der Waals surface area (Å²) >= 11 is 1.12. The molecule has 7 nitrogen and oxygen atoms in total. The number of benzene rings is 2. The van der Waals surface area contributed by atoms with Crippen molar-refractivity contribution < 1.29 is 14.3 Å². The number of aromatic nitrogens is 1. The van der Waals surface area contributed by atoms with Crippen LogP contribution in [0.3, 0.4) is 0 Å². The maximum atomic E-state index is 13.8. The van der Waals surface area contributed by atoms with Crippen LogP contribution in [0.25, 0.3) is 10.2 Å². The van der Waals surface area contributed by atoms with Crippen LogP contribution in [0.2, 0.25) is 0 Å². The number of phenolic OH excluding ortho intramolecular Hbond substituents is 1. The highest BCUT2D eigenvalue weighted by molar-refractivity contribution is 7.16. The Morgan fingerprint density at radius 3 is 2.59 bits per heavy atom. The zero-order valence-corrected chi connectivity index (χ0v) is 23.6. The van der Waals surface area contributed by atoms with Crippen molar-refractivity contribution in [3.63, 3.8) is 0 Å². The second-order valence-corrected chi connectivity index (χ2v) is 11.6. The molecule has 1 unspecified atom stereocenters. The Kier molecular flexibility index (Phi) is 10.9. The summed E-state index contributed by atoms with van der Waals surface area (Å²) < 4.78 is 14.6. The minimum absolute atomic E-state index is 0.0905. The monoisotopic (exact) mass is 556 g/mol. The van der Waals surface area contributed by atoms with E-state index in [4.69, 9.17) is 0 Å². The number of hydrogen-bond donors (Lipinski definition) is 4. The lowest BCUT2D eigenvalue weighted by Gasteiger charge is -2.34. The van der Waals surface area contributed by atoms with E-state index in [2.05, 4.69) is 27.4 Å². The number of aromatic hydroxyl groups is 1. The Morgan fingerprint density at radius 2 is 1.82 bits per heavy atom. The van der Waals surface area contributed by atoms with Crippen LogP contribution in [0.4, 0.5) is 4.39 Å². The van der Waals surface area contributed by atoms with Crippen molar-refractivity contribution in [2.75, 3.05) is 26.2 Å². The van der Waals surface area contributed by atoms with E-state index < -0.39 is 0 Å². The van der Waals surface area contributed by atoms with Gasteiger partial charge in [0.2, 0.25) is 5.91 Å². The number of halogens is 1. The molecule has 0 spiro atoms. The molecule has 1 amide bonds. The molecule has 1 aliphatic rings. The minimum atomic E-state index is -0.185. The van der Waals surface area contributed by atoms with Gasteiger partial charge < -0.3 is 25.6 Å². The molecular weight excluding hydrogens is 515 g/mol. The van der Waals surface area contributed by atoms with Gasteiger partial charge in [-0.05, 0) is 69.0 Å². The summed E-state index contributed by atoms with van der Waals surface area (Å²) in [5.41, 5.74) is 2.21. The molecule has 1 atom stereocenters. The van der Waals surface area contributed by atoms with Crippen LogP contribution in [0, 0.1) is 5.82 Å². The van der Waals surface area contributed by atoms with Gasteiger partial charge in [-0.3, -0.25) is 9.59 Å². The maximum Gasteiger partial charge on any atom is 0.305 e. The van der Waals surface area contributed by atoms with Crippen LogP contribution in [-0.2, 0) is 17.6 Å². The molecule has 1 heterocycles. The van der Waals surface area contributed by atoms with Crippen molar-refractivity contribution in [2.45, 2.75) is 76.8 Å². The molecule has 3 aromatic rings. The van der Waals surface area contributed by atoms with Crippen molar-refractivity contribution >= 4 is 27.5 Å². The van der Waals surface area contributed by atoms with Crippen molar-refractivity contribution in [1.29, 1.82) is 0 Å². The average Bonchev–Trinajstić information content (AvgIpc) is 3.13. The molecule has 4 N–H and O–H groups in total. The third-order valence-corrected chi connectivity index (χ3v) is 8.59. The number of amides is 1. The van der Waals surface area contributed by atoms with Crippen LogP contribution >= 0.6 is 11.3 Å². The lowest BCUT2D eigenvalue weighted by Crippen LogP contribution is -2.48. The van der Waals surface area contributed by atoms with Gasteiger partial charge in [0, 0.05) is 31.6 Å². The summed E-state index contributed by atoms with van der Waals surface area (Å²) in [5, 5.41) is 16.9. The summed E-state index contributed by atoms with van der Waals surface area (Å²) in [7, 11) is 0. The van der Waals surface area contributed by atoms with Crippen LogP contribution in [0.5, 0.6) is 5.75 Å². The number of H-pyrrole nitrogens is 1. The first-order valence-corrected chi connectivity index (χ1v) is 15.0. The van der Waals surface area contributed by atoms with Crippen LogP contribution in [-0.4, -0.2) is 59.2 Å². The van der Waals surface area contributed by atoms with Gasteiger partial charge in [0.15, 0.2) is 0 Å². The number of fused-ring (bicyclic) bond motifs is 1. The van der Waals surface area contributed by atoms with Crippen LogP contribution < -0.4 is 15.5 Å². The first-order chi connectivity index (χ1) is 18.9. The molecule has 0 aliphatic heterocycles. The van der Waals surface area contributed by atoms with Gasteiger partial charge in [-0.2, -0.15) is 0 Å². The van der Waals surface area contributed by atoms with Crippen molar-refractivity contribution in [2.24, 2.45) is 0 Å². The van der Waals surface area contributed by atoms with Gasteiger partial charge in [0.1, 0.15) is 17.1 Å². The number of nitrogens with one attached hydrogen (secondary N) is 3. The molecule has 0 bridgehead atoms. The van der Waals surface area contributed by atoms with E-state index in [0.29, 0.717) is 50.1 Å². The average molecular weight is 557 g/mol. The van der Waals surface area contributed by atoms with Crippen LogP contribution in [0.15, 0.2) is 41.2 Å². The molecule has 0 saturated heterocycles. The summed E-state index contributed by atoms with van der Waals surface area (Å²) in [6, 6.07) is 10.7. The Balaban J connectivity index is 1.28. The fourth-order valence-corrected chi connectivity index (χ4v) is 6.39. The molecule has 9 heteroatoms. The highest BCUT2D eigenvalue weighted by atomic mass is 32.1. The van der Waals surface area contributed by atoms with E-state index >= 15 is 0 Å². The Morgan fingerprint density at radius 1 is 1.08 bits per heavy atom. The van der Waals surface area contributed by atoms with E-state index in [1.165, 1.54) is 18.9 Å². The molecule has 1 aromatic heterocycles. The first kappa shape index (κ1) is 29.2. The van der Waals surface area contributed by atoms with Gasteiger partial charge >= 0.3 is 4.87 Å². The quantitative estimate of drug-likeness (QED) is 0.180. The number of carbonyl (C=O) groups is 1. The van der Waals surface area contributed by atoms with Crippen molar-refractivity contribution in [3.05, 3.63) is 63.0 Å². The molecular formula is C30H41FN4O3S. The van der Waals surface area contributed by atoms with E-state index in [0.717, 1.165) is 53.7 Å². The van der Waals surface area contributed by atoms with E-state index in [-0.39, 0.29) is 34.4 Å². The number of nitrogens with zero attached hydrogens (tertiary/aromatic N) is 1. The third-order valence-electron chi connectivity index (χ3n) is 7.63. The fraction of sp³-hybridized carbons (Fsp3) is 0.533. The van der Waals surface area contributed by atoms with Gasteiger partial charge in [-0.25, -0.2) is 4.39 Å². The SMILES string of the molecule is CC(CN(C(=O)CCNCCc1ccccc1F)C1CCCCCC1)NCCc1ccc(O)c2[nH]c(=O)sc12. The second-order valence-electron chi connectivity index (χ2n) is 10.6. The standard InChI is InChI=1S/C30H41FN4O3S/c1-21(33-19-15-23-12-13-26(36)28-29(23)39-30(38)34-28)20-35(24-9-4-2-3-5-10-24)27(37)16-18-32-17-14-22-8-6-7-11-25(22)31/h6-8,11-13,21,24,32-33,36H,2-5,9-10,14-20H2,1H3,(H,34,38). The lowest BCUT2D eigenvalue weighted by molar-refractivity contribution is -0.134. The van der Waals surface area contributed by atoms with Crippen molar-refractivity contribution in [1.82, 2.24) is 20.5 Å². The second kappa shape index (κ2) is 14.6. The number of hydrogen-bond acceptors (Lipinski definition) is 6. The third kappa shape index (κ3) is 8.37. The predicted octanol–water partition coefficient (Wildman–Crippen LogP) is 4.73. The topological polar surface area (TPSA) is 97.5 Å². The fourth-order valence-electron chi connectivity index (χ4n) is 5.49. The normalized spacial score (nSPS) is 15.3.